The van der Waals surface area contributed by atoms with Crippen molar-refractivity contribution in [3.63, 3.8) is 0 Å². The molecule has 2 unspecified atom stereocenters. The number of hydrogen-bond acceptors (Lipinski definition) is 4. The number of halogens is 5. The third-order valence-corrected chi connectivity index (χ3v) is 9.05. The van der Waals surface area contributed by atoms with E-state index in [1.165, 1.54) is 28.2 Å². The number of thioether (sulfide) groups is 1. The van der Waals surface area contributed by atoms with Crippen molar-refractivity contribution in [1.82, 2.24) is 4.31 Å². The van der Waals surface area contributed by atoms with Crippen LogP contribution in [0.1, 0.15) is 16.5 Å². The molecule has 0 N–H and O–H groups in total. The van der Waals surface area contributed by atoms with Crippen LogP contribution in [0.25, 0.3) is 0 Å². The van der Waals surface area contributed by atoms with E-state index in [9.17, 15) is 21.6 Å². The first-order chi connectivity index (χ1) is 13.6. The van der Waals surface area contributed by atoms with E-state index >= 15 is 0 Å². The van der Waals surface area contributed by atoms with Gasteiger partial charge < -0.3 is 4.74 Å². The molecule has 0 bridgehead atoms. The summed E-state index contributed by atoms with van der Waals surface area (Å²) in [4.78, 5) is 0.908. The van der Waals surface area contributed by atoms with Gasteiger partial charge in [-0.25, -0.2) is 8.42 Å². The highest BCUT2D eigenvalue weighted by atomic mass is 79.9. The van der Waals surface area contributed by atoms with Crippen LogP contribution in [0.5, 0.6) is 5.75 Å². The summed E-state index contributed by atoms with van der Waals surface area (Å²) >= 11 is 11.1. The number of ether oxygens (including phenoxy) is 1. The Hall–Kier alpha value is -0.940. The lowest BCUT2D eigenvalue weighted by Gasteiger charge is -2.29. The van der Waals surface area contributed by atoms with Crippen molar-refractivity contribution >= 4 is 49.3 Å². The Morgan fingerprint density at radius 2 is 1.79 bits per heavy atom. The number of fused-ring (bicyclic) bond motifs is 1. The Labute approximate surface area is 184 Å². The van der Waals surface area contributed by atoms with Crippen molar-refractivity contribution in [2.45, 2.75) is 28.6 Å². The van der Waals surface area contributed by atoms with E-state index in [0.29, 0.717) is 5.56 Å². The largest absolute Gasteiger partial charge is 0.573 e. The smallest absolute Gasteiger partial charge is 0.406 e. The molecule has 2 atom stereocenters. The predicted molar refractivity (Wildman–Crippen MR) is 111 cm³/mol. The lowest BCUT2D eigenvalue weighted by atomic mass is 10.1. The van der Waals surface area contributed by atoms with Gasteiger partial charge in [-0.05, 0) is 29.3 Å². The van der Waals surface area contributed by atoms with Crippen LogP contribution in [0.3, 0.4) is 0 Å². The number of sulfonamides is 1. The van der Waals surface area contributed by atoms with Crippen LogP contribution in [-0.4, -0.2) is 35.5 Å². The molecule has 0 fully saturated rings. The molecule has 11 heteroatoms. The molecule has 2 aromatic carbocycles. The van der Waals surface area contributed by atoms with Crippen LogP contribution in [0.2, 0.25) is 0 Å². The fourth-order valence-electron chi connectivity index (χ4n) is 2.90. The Morgan fingerprint density at radius 3 is 2.38 bits per heavy atom. The van der Waals surface area contributed by atoms with Gasteiger partial charge in [0.2, 0.25) is 10.0 Å². The lowest BCUT2D eigenvalue weighted by Crippen LogP contribution is -2.40. The molecule has 29 heavy (non-hydrogen) atoms. The minimum Gasteiger partial charge on any atom is -0.406 e. The zero-order valence-corrected chi connectivity index (χ0v) is 18.7. The summed E-state index contributed by atoms with van der Waals surface area (Å²) in [7, 11) is -3.67. The fraction of sp³-hybridized carbons (Fsp3) is 0.333. The van der Waals surface area contributed by atoms with Gasteiger partial charge in [-0.3, -0.25) is 0 Å². The minimum atomic E-state index is -4.79. The van der Waals surface area contributed by atoms with Crippen molar-refractivity contribution in [3.05, 3.63) is 59.7 Å². The second-order valence-corrected chi connectivity index (χ2v) is 10.7. The Morgan fingerprint density at radius 1 is 1.14 bits per heavy atom. The zero-order valence-electron chi connectivity index (χ0n) is 14.8. The molecule has 1 aliphatic rings. The summed E-state index contributed by atoms with van der Waals surface area (Å²) in [6, 6.07) is 12.6. The summed E-state index contributed by atoms with van der Waals surface area (Å²) in [5.41, 5.74) is 1.38. The summed E-state index contributed by atoms with van der Waals surface area (Å²) < 4.78 is 68.0. The average molecular weight is 531 g/mol. The molecule has 0 spiro atoms. The van der Waals surface area contributed by atoms with Crippen molar-refractivity contribution < 1.29 is 26.3 Å². The Balaban J connectivity index is 1.86. The summed E-state index contributed by atoms with van der Waals surface area (Å²) in [6.45, 7) is -0.0174. The quantitative estimate of drug-likeness (QED) is 0.442. The predicted octanol–water partition coefficient (Wildman–Crippen LogP) is 5.52. The highest BCUT2D eigenvalue weighted by Gasteiger charge is 2.41. The molecular weight excluding hydrogens is 515 g/mol. The molecule has 158 valence electrons. The lowest BCUT2D eigenvalue weighted by molar-refractivity contribution is -0.274. The fourth-order valence-corrected chi connectivity index (χ4v) is 7.68. The molecule has 3 rings (SSSR count). The van der Waals surface area contributed by atoms with Crippen LogP contribution >= 0.6 is 39.3 Å². The maximum atomic E-state index is 12.9. The van der Waals surface area contributed by atoms with Gasteiger partial charge in [0.25, 0.3) is 0 Å². The Bertz CT molecular complexity index is 958. The van der Waals surface area contributed by atoms with Crippen LogP contribution in [0.15, 0.2) is 53.4 Å². The monoisotopic (exact) mass is 529 g/mol. The van der Waals surface area contributed by atoms with Crippen LogP contribution < -0.4 is 4.74 Å². The minimum absolute atomic E-state index is 0.0174. The molecule has 0 amide bonds. The van der Waals surface area contributed by atoms with Gasteiger partial charge in [-0.15, -0.1) is 36.5 Å². The molecule has 2 aromatic rings. The van der Waals surface area contributed by atoms with Crippen molar-refractivity contribution in [2.24, 2.45) is 0 Å². The number of hydrogen-bond donors (Lipinski definition) is 0. The van der Waals surface area contributed by atoms with E-state index in [2.05, 4.69) is 20.7 Å². The molecule has 1 aliphatic heterocycles. The van der Waals surface area contributed by atoms with E-state index < -0.39 is 27.1 Å². The van der Waals surface area contributed by atoms with E-state index in [-0.39, 0.29) is 23.4 Å². The first-order valence-corrected chi connectivity index (χ1v) is 12.5. The average Bonchev–Trinajstić information content (AvgIpc) is 2.96. The molecule has 0 aliphatic carbocycles. The van der Waals surface area contributed by atoms with Crippen molar-refractivity contribution in [2.75, 3.05) is 11.1 Å². The third-order valence-electron chi connectivity index (χ3n) is 4.19. The number of rotatable bonds is 7. The zero-order chi connectivity index (χ0) is 21.2. The Kier molecular flexibility index (Phi) is 7.10. The molecular formula is C18H16BrClF3NO3S2. The molecule has 1 heterocycles. The van der Waals surface area contributed by atoms with Crippen LogP contribution in [-0.2, 0) is 16.6 Å². The van der Waals surface area contributed by atoms with Crippen LogP contribution in [0.4, 0.5) is 13.2 Å². The standard InChI is InChI=1S/C18H16BrClF3NO3S2/c19-9-10-29(25,26)24(17-16(20)14-3-1-2-4-15(14)28-17)11-12-5-7-13(8-6-12)27-18(21,22)23/h1-8,16-17H,9-11H2. The maximum absolute atomic E-state index is 12.9. The molecule has 4 nitrogen and oxygen atoms in total. The normalized spacial score (nSPS) is 19.4. The van der Waals surface area contributed by atoms with Crippen LogP contribution in [0, 0.1) is 0 Å². The number of benzene rings is 2. The second kappa shape index (κ2) is 9.05. The van der Waals surface area contributed by atoms with E-state index in [1.807, 2.05) is 24.3 Å². The molecule has 0 saturated carbocycles. The topological polar surface area (TPSA) is 46.6 Å². The van der Waals surface area contributed by atoms with Gasteiger partial charge in [0, 0.05) is 16.8 Å². The van der Waals surface area contributed by atoms with E-state index in [0.717, 1.165) is 22.6 Å². The second-order valence-electron chi connectivity index (χ2n) is 6.19. The van der Waals surface area contributed by atoms with Gasteiger partial charge in [-0.2, -0.15) is 4.31 Å². The van der Waals surface area contributed by atoms with Crippen molar-refractivity contribution in [1.29, 1.82) is 0 Å². The molecule has 0 aromatic heterocycles. The summed E-state index contributed by atoms with van der Waals surface area (Å²) in [6.07, 6.45) is -4.79. The van der Waals surface area contributed by atoms with Gasteiger partial charge >= 0.3 is 6.36 Å². The van der Waals surface area contributed by atoms with Gasteiger partial charge in [0.1, 0.15) is 5.75 Å². The van der Waals surface area contributed by atoms with E-state index in [4.69, 9.17) is 11.6 Å². The first-order valence-electron chi connectivity index (χ1n) is 8.40. The SMILES string of the molecule is O=S(=O)(CCBr)N(Cc1ccc(OC(F)(F)F)cc1)C1Sc2ccccc2C1Cl. The summed E-state index contributed by atoms with van der Waals surface area (Å²) in [5.74, 6) is -0.492. The molecule has 0 saturated heterocycles. The third kappa shape index (κ3) is 5.61. The van der Waals surface area contributed by atoms with Gasteiger partial charge in [-0.1, -0.05) is 46.3 Å². The maximum Gasteiger partial charge on any atom is 0.573 e. The molecule has 0 radical (unpaired) electrons. The van der Waals surface area contributed by atoms with Gasteiger partial charge in [0.15, 0.2) is 0 Å². The van der Waals surface area contributed by atoms with Gasteiger partial charge in [0.05, 0.1) is 16.5 Å². The number of alkyl halides is 5. The first kappa shape index (κ1) is 22.7. The van der Waals surface area contributed by atoms with Crippen molar-refractivity contribution in [3.8, 4) is 5.75 Å². The summed E-state index contributed by atoms with van der Waals surface area (Å²) in [5, 5.41) is -0.861. The highest BCUT2D eigenvalue weighted by molar-refractivity contribution is 9.09. The van der Waals surface area contributed by atoms with E-state index in [1.54, 1.807) is 0 Å². The highest BCUT2D eigenvalue weighted by Crippen LogP contribution is 2.49. The number of nitrogens with zero attached hydrogens (tertiary/aromatic N) is 1.